The molecule has 2 rings (SSSR count). The summed E-state index contributed by atoms with van der Waals surface area (Å²) in [5, 5.41) is 0. The zero-order chi connectivity index (χ0) is 14.6. The molecule has 0 aliphatic carbocycles. The van der Waals surface area contributed by atoms with Crippen molar-refractivity contribution in [3.63, 3.8) is 0 Å². The standard InChI is InChI=1S/C14H24N2O4/c1-2-20-12(17)11-5-3-4-8-16(11)13(18)14(15)6-9-19-10-7-14/h11H,2-10,15H2,1H3. The van der Waals surface area contributed by atoms with Gasteiger partial charge in [-0.25, -0.2) is 4.79 Å². The van der Waals surface area contributed by atoms with E-state index >= 15 is 0 Å². The van der Waals surface area contributed by atoms with Crippen molar-refractivity contribution in [1.82, 2.24) is 4.90 Å². The number of rotatable bonds is 3. The first-order chi connectivity index (χ1) is 9.58. The molecule has 0 saturated carbocycles. The van der Waals surface area contributed by atoms with Crippen LogP contribution in [0.15, 0.2) is 0 Å². The zero-order valence-electron chi connectivity index (χ0n) is 12.1. The summed E-state index contributed by atoms with van der Waals surface area (Å²) >= 11 is 0. The summed E-state index contributed by atoms with van der Waals surface area (Å²) < 4.78 is 10.4. The van der Waals surface area contributed by atoms with Gasteiger partial charge in [-0.1, -0.05) is 0 Å². The van der Waals surface area contributed by atoms with E-state index in [1.54, 1.807) is 11.8 Å². The lowest BCUT2D eigenvalue weighted by Gasteiger charge is -2.41. The van der Waals surface area contributed by atoms with Gasteiger partial charge in [0, 0.05) is 19.8 Å². The molecule has 114 valence electrons. The molecule has 1 amide bonds. The first-order valence-corrected chi connectivity index (χ1v) is 7.43. The highest BCUT2D eigenvalue weighted by Crippen LogP contribution is 2.26. The third kappa shape index (κ3) is 3.12. The molecule has 2 saturated heterocycles. The number of carbonyl (C=O) groups is 2. The third-order valence-electron chi connectivity index (χ3n) is 4.13. The van der Waals surface area contributed by atoms with E-state index in [1.165, 1.54) is 0 Å². The Morgan fingerprint density at radius 2 is 2.05 bits per heavy atom. The van der Waals surface area contributed by atoms with Crippen LogP contribution in [0.4, 0.5) is 0 Å². The van der Waals surface area contributed by atoms with Crippen molar-refractivity contribution in [3.8, 4) is 0 Å². The normalized spacial score (nSPS) is 26.1. The summed E-state index contributed by atoms with van der Waals surface area (Å²) in [4.78, 5) is 26.4. The Morgan fingerprint density at radius 3 is 2.70 bits per heavy atom. The third-order valence-corrected chi connectivity index (χ3v) is 4.13. The Morgan fingerprint density at radius 1 is 1.35 bits per heavy atom. The van der Waals surface area contributed by atoms with Crippen molar-refractivity contribution < 1.29 is 19.1 Å². The number of likely N-dealkylation sites (tertiary alicyclic amines) is 1. The van der Waals surface area contributed by atoms with E-state index in [4.69, 9.17) is 15.2 Å². The minimum absolute atomic E-state index is 0.126. The number of nitrogens with two attached hydrogens (primary N) is 1. The highest BCUT2D eigenvalue weighted by molar-refractivity contribution is 5.90. The summed E-state index contributed by atoms with van der Waals surface area (Å²) in [5.41, 5.74) is 5.36. The highest BCUT2D eigenvalue weighted by atomic mass is 16.5. The molecule has 1 unspecified atom stereocenters. The Bertz CT molecular complexity index is 366. The van der Waals surface area contributed by atoms with E-state index in [2.05, 4.69) is 0 Å². The molecule has 0 spiro atoms. The van der Waals surface area contributed by atoms with Gasteiger partial charge in [-0.05, 0) is 39.0 Å². The van der Waals surface area contributed by atoms with Crippen LogP contribution >= 0.6 is 0 Å². The largest absolute Gasteiger partial charge is 0.464 e. The fourth-order valence-corrected chi connectivity index (χ4v) is 2.89. The number of nitrogens with zero attached hydrogens (tertiary/aromatic N) is 1. The van der Waals surface area contributed by atoms with Crippen molar-refractivity contribution in [1.29, 1.82) is 0 Å². The molecule has 0 aromatic heterocycles. The van der Waals surface area contributed by atoms with Crippen molar-refractivity contribution >= 4 is 11.9 Å². The smallest absolute Gasteiger partial charge is 0.328 e. The van der Waals surface area contributed by atoms with Crippen LogP contribution in [0.25, 0.3) is 0 Å². The van der Waals surface area contributed by atoms with E-state index in [0.717, 1.165) is 12.8 Å². The number of piperidine rings is 1. The number of ether oxygens (including phenoxy) is 2. The molecule has 0 bridgehead atoms. The Balaban J connectivity index is 2.10. The van der Waals surface area contributed by atoms with Crippen LogP contribution in [0.1, 0.15) is 39.0 Å². The lowest BCUT2D eigenvalue weighted by Crippen LogP contribution is -2.62. The highest BCUT2D eigenvalue weighted by Gasteiger charge is 2.43. The molecule has 2 fully saturated rings. The molecule has 6 heteroatoms. The fourth-order valence-electron chi connectivity index (χ4n) is 2.89. The monoisotopic (exact) mass is 284 g/mol. The maximum atomic E-state index is 12.7. The summed E-state index contributed by atoms with van der Waals surface area (Å²) in [6.07, 6.45) is 3.54. The number of hydrogen-bond acceptors (Lipinski definition) is 5. The average molecular weight is 284 g/mol. The van der Waals surface area contributed by atoms with Crippen LogP contribution in [0.3, 0.4) is 0 Å². The van der Waals surface area contributed by atoms with Gasteiger partial charge in [0.15, 0.2) is 0 Å². The molecule has 2 heterocycles. The van der Waals surface area contributed by atoms with Crippen LogP contribution in [0.2, 0.25) is 0 Å². The minimum atomic E-state index is -0.889. The van der Waals surface area contributed by atoms with Crippen molar-refractivity contribution in [2.24, 2.45) is 5.73 Å². The SMILES string of the molecule is CCOC(=O)C1CCCCN1C(=O)C1(N)CCOCC1. The molecule has 1 atom stereocenters. The van der Waals surface area contributed by atoms with E-state index in [1.807, 2.05) is 0 Å². The van der Waals surface area contributed by atoms with Gasteiger partial charge in [-0.2, -0.15) is 0 Å². The van der Waals surface area contributed by atoms with E-state index in [9.17, 15) is 9.59 Å². The van der Waals surface area contributed by atoms with E-state index in [-0.39, 0.29) is 11.9 Å². The molecule has 0 aromatic rings. The molecule has 2 aliphatic rings. The van der Waals surface area contributed by atoms with Crippen LogP contribution < -0.4 is 5.73 Å². The number of carbonyl (C=O) groups excluding carboxylic acids is 2. The molecule has 20 heavy (non-hydrogen) atoms. The van der Waals surface area contributed by atoms with Crippen molar-refractivity contribution in [2.45, 2.75) is 50.6 Å². The maximum absolute atomic E-state index is 12.7. The van der Waals surface area contributed by atoms with Gasteiger partial charge >= 0.3 is 5.97 Å². The lowest BCUT2D eigenvalue weighted by atomic mass is 9.88. The summed E-state index contributed by atoms with van der Waals surface area (Å²) in [6.45, 7) is 3.69. The summed E-state index contributed by atoms with van der Waals surface area (Å²) in [5.74, 6) is -0.435. The average Bonchev–Trinajstić information content (AvgIpc) is 2.47. The Kier molecular flexibility index (Phi) is 4.99. The van der Waals surface area contributed by atoms with Crippen molar-refractivity contribution in [2.75, 3.05) is 26.4 Å². The quantitative estimate of drug-likeness (QED) is 0.760. The zero-order valence-corrected chi connectivity index (χ0v) is 12.1. The van der Waals surface area contributed by atoms with Crippen molar-refractivity contribution in [3.05, 3.63) is 0 Å². The molecule has 0 aromatic carbocycles. The topological polar surface area (TPSA) is 81.9 Å². The minimum Gasteiger partial charge on any atom is -0.464 e. The second-order valence-corrected chi connectivity index (χ2v) is 5.53. The summed E-state index contributed by atoms with van der Waals surface area (Å²) in [6, 6.07) is -0.473. The van der Waals surface area contributed by atoms with Gasteiger partial charge in [-0.3, -0.25) is 4.79 Å². The number of hydrogen-bond donors (Lipinski definition) is 1. The van der Waals surface area contributed by atoms with Gasteiger partial charge in [0.05, 0.1) is 12.1 Å². The second-order valence-electron chi connectivity index (χ2n) is 5.53. The first-order valence-electron chi connectivity index (χ1n) is 7.43. The molecular formula is C14H24N2O4. The van der Waals surface area contributed by atoms with Crippen LogP contribution in [0.5, 0.6) is 0 Å². The first kappa shape index (κ1) is 15.3. The predicted octanol–water partition coefficient (Wildman–Crippen LogP) is 0.439. The van der Waals surface area contributed by atoms with Gasteiger partial charge in [0.2, 0.25) is 5.91 Å². The Hall–Kier alpha value is -1.14. The van der Waals surface area contributed by atoms with Gasteiger partial charge in [0.25, 0.3) is 0 Å². The fraction of sp³-hybridized carbons (Fsp3) is 0.857. The van der Waals surface area contributed by atoms with Gasteiger partial charge in [-0.15, -0.1) is 0 Å². The van der Waals surface area contributed by atoms with E-state index in [0.29, 0.717) is 45.6 Å². The molecular weight excluding hydrogens is 260 g/mol. The molecule has 2 aliphatic heterocycles. The van der Waals surface area contributed by atoms with Gasteiger partial charge < -0.3 is 20.1 Å². The molecule has 0 radical (unpaired) electrons. The van der Waals surface area contributed by atoms with E-state index < -0.39 is 11.6 Å². The van der Waals surface area contributed by atoms with Crippen LogP contribution in [-0.4, -0.2) is 54.7 Å². The van der Waals surface area contributed by atoms with Crippen LogP contribution in [0, 0.1) is 0 Å². The predicted molar refractivity (Wildman–Crippen MR) is 73.0 cm³/mol. The lowest BCUT2D eigenvalue weighted by molar-refractivity contribution is -0.160. The molecule has 2 N–H and O–H groups in total. The number of amides is 1. The molecule has 6 nitrogen and oxygen atoms in total. The Labute approximate surface area is 119 Å². The summed E-state index contributed by atoms with van der Waals surface area (Å²) in [7, 11) is 0. The second kappa shape index (κ2) is 6.54. The maximum Gasteiger partial charge on any atom is 0.328 e. The van der Waals surface area contributed by atoms with Crippen LogP contribution in [-0.2, 0) is 19.1 Å². The van der Waals surface area contributed by atoms with Gasteiger partial charge in [0.1, 0.15) is 6.04 Å². The number of esters is 1.